The molecule has 1 amide bonds. The molecule has 0 bridgehead atoms. The van der Waals surface area contributed by atoms with E-state index in [4.69, 9.17) is 23.2 Å². The van der Waals surface area contributed by atoms with Crippen LogP contribution in [0.3, 0.4) is 0 Å². The van der Waals surface area contributed by atoms with Gasteiger partial charge in [-0.2, -0.15) is 14.6 Å². The Morgan fingerprint density at radius 1 is 1.26 bits per heavy atom. The van der Waals surface area contributed by atoms with Crippen LogP contribution < -0.4 is 10.6 Å². The van der Waals surface area contributed by atoms with E-state index < -0.39 is 0 Å². The van der Waals surface area contributed by atoms with Crippen molar-refractivity contribution in [2.24, 2.45) is 5.92 Å². The number of anilines is 1. The molecule has 2 unspecified atom stereocenters. The monoisotopic (exact) mass is 404 g/mol. The third-order valence-electron chi connectivity index (χ3n) is 4.61. The lowest BCUT2D eigenvalue weighted by atomic mass is 10.1. The smallest absolute Gasteiger partial charge is 0.254 e. The first-order valence-corrected chi connectivity index (χ1v) is 9.42. The van der Waals surface area contributed by atoms with Gasteiger partial charge < -0.3 is 10.6 Å². The molecule has 1 saturated carbocycles. The highest BCUT2D eigenvalue weighted by Gasteiger charge is 2.43. The van der Waals surface area contributed by atoms with Crippen LogP contribution in [-0.2, 0) is 4.79 Å². The fraction of sp³-hybridized carbons (Fsp3) is 0.333. The number of aromatic nitrogens is 4. The van der Waals surface area contributed by atoms with E-state index in [0.717, 1.165) is 23.5 Å². The normalized spacial score (nSPS) is 18.5. The Morgan fingerprint density at radius 2 is 2.11 bits per heavy atom. The molecule has 140 valence electrons. The Balaban J connectivity index is 1.28. The summed E-state index contributed by atoms with van der Waals surface area (Å²) in [5, 5.41) is 11.4. The van der Waals surface area contributed by atoms with Crippen LogP contribution in [0.4, 0.5) is 5.82 Å². The summed E-state index contributed by atoms with van der Waals surface area (Å²) >= 11 is 12.0. The van der Waals surface area contributed by atoms with Gasteiger partial charge in [-0.25, -0.2) is 4.98 Å². The number of nitrogens with one attached hydrogen (secondary N) is 2. The average molecular weight is 405 g/mol. The molecule has 2 aromatic heterocycles. The zero-order chi connectivity index (χ0) is 19.0. The van der Waals surface area contributed by atoms with Crippen LogP contribution in [0.25, 0.3) is 5.78 Å². The van der Waals surface area contributed by atoms with Gasteiger partial charge in [-0.3, -0.25) is 4.79 Å². The van der Waals surface area contributed by atoms with Gasteiger partial charge in [0, 0.05) is 30.8 Å². The number of nitrogens with zero attached hydrogens (tertiary/aromatic N) is 4. The number of fused-ring (bicyclic) bond motifs is 1. The lowest BCUT2D eigenvalue weighted by Gasteiger charge is -2.10. The number of aryl methyl sites for hydroxylation is 1. The van der Waals surface area contributed by atoms with Crippen molar-refractivity contribution >= 4 is 40.7 Å². The van der Waals surface area contributed by atoms with Crippen molar-refractivity contribution in [2.75, 3.05) is 18.4 Å². The molecular weight excluding hydrogens is 387 g/mol. The van der Waals surface area contributed by atoms with E-state index in [1.807, 2.05) is 25.1 Å². The molecule has 0 radical (unpaired) electrons. The predicted octanol–water partition coefficient (Wildman–Crippen LogP) is 3.07. The van der Waals surface area contributed by atoms with Crippen LogP contribution in [0.2, 0.25) is 10.0 Å². The third kappa shape index (κ3) is 3.84. The van der Waals surface area contributed by atoms with Gasteiger partial charge >= 0.3 is 0 Å². The molecule has 3 aromatic rings. The van der Waals surface area contributed by atoms with Gasteiger partial charge in [-0.05, 0) is 37.0 Å². The quantitative estimate of drug-likeness (QED) is 0.616. The Bertz CT molecular complexity index is 1000. The first-order chi connectivity index (χ1) is 13.0. The van der Waals surface area contributed by atoms with Gasteiger partial charge in [0.1, 0.15) is 12.1 Å². The van der Waals surface area contributed by atoms with Gasteiger partial charge in [0.15, 0.2) is 0 Å². The van der Waals surface area contributed by atoms with Crippen LogP contribution in [0.5, 0.6) is 0 Å². The zero-order valence-electron chi connectivity index (χ0n) is 14.6. The summed E-state index contributed by atoms with van der Waals surface area (Å²) in [6.45, 7) is 2.99. The molecule has 0 spiro atoms. The number of carbonyl (C=O) groups is 1. The Hall–Kier alpha value is -2.38. The molecule has 1 fully saturated rings. The van der Waals surface area contributed by atoms with Crippen molar-refractivity contribution in [2.45, 2.75) is 19.3 Å². The van der Waals surface area contributed by atoms with E-state index in [1.54, 1.807) is 10.6 Å². The lowest BCUT2D eigenvalue weighted by Crippen LogP contribution is -2.30. The number of carbonyl (C=O) groups excluding carboxylic acids is 1. The van der Waals surface area contributed by atoms with Gasteiger partial charge in [-0.15, -0.1) is 0 Å². The Labute approximate surface area is 166 Å². The average Bonchev–Trinajstić information content (AvgIpc) is 3.31. The lowest BCUT2D eigenvalue weighted by molar-refractivity contribution is -0.122. The topological polar surface area (TPSA) is 84.2 Å². The minimum atomic E-state index is -0.00701. The zero-order valence-corrected chi connectivity index (χ0v) is 16.1. The van der Waals surface area contributed by atoms with Crippen LogP contribution in [0.15, 0.2) is 30.6 Å². The fourth-order valence-corrected chi connectivity index (χ4v) is 3.47. The van der Waals surface area contributed by atoms with Crippen LogP contribution in [0.1, 0.15) is 23.6 Å². The highest BCUT2D eigenvalue weighted by Crippen LogP contribution is 2.48. The van der Waals surface area contributed by atoms with Crippen molar-refractivity contribution < 1.29 is 4.79 Å². The summed E-state index contributed by atoms with van der Waals surface area (Å²) in [4.78, 5) is 20.7. The Morgan fingerprint density at radius 3 is 2.93 bits per heavy atom. The highest BCUT2D eigenvalue weighted by atomic mass is 35.5. The molecule has 1 aromatic carbocycles. The first-order valence-electron chi connectivity index (χ1n) is 8.67. The van der Waals surface area contributed by atoms with E-state index in [-0.39, 0.29) is 17.7 Å². The van der Waals surface area contributed by atoms with E-state index in [0.29, 0.717) is 28.9 Å². The molecule has 7 nitrogen and oxygen atoms in total. The van der Waals surface area contributed by atoms with E-state index in [1.165, 1.54) is 6.33 Å². The maximum absolute atomic E-state index is 12.3. The second-order valence-corrected chi connectivity index (χ2v) is 7.41. The fourth-order valence-electron chi connectivity index (χ4n) is 3.16. The van der Waals surface area contributed by atoms with E-state index in [2.05, 4.69) is 25.7 Å². The number of halogens is 2. The summed E-state index contributed by atoms with van der Waals surface area (Å²) in [6, 6.07) is 7.45. The van der Waals surface area contributed by atoms with Crippen molar-refractivity contribution in [3.8, 4) is 0 Å². The summed E-state index contributed by atoms with van der Waals surface area (Å²) in [6.07, 6.45) is 2.30. The van der Waals surface area contributed by atoms with Crippen molar-refractivity contribution in [3.05, 3.63) is 51.9 Å². The maximum atomic E-state index is 12.3. The van der Waals surface area contributed by atoms with Gasteiger partial charge in [0.2, 0.25) is 5.91 Å². The molecule has 2 heterocycles. The van der Waals surface area contributed by atoms with E-state index in [9.17, 15) is 4.79 Å². The summed E-state index contributed by atoms with van der Waals surface area (Å²) in [5.41, 5.74) is 1.91. The molecule has 4 rings (SSSR count). The first kappa shape index (κ1) is 18.0. The summed E-state index contributed by atoms with van der Waals surface area (Å²) in [5.74, 6) is 1.61. The molecule has 0 aliphatic heterocycles. The predicted molar refractivity (Wildman–Crippen MR) is 104 cm³/mol. The third-order valence-corrected chi connectivity index (χ3v) is 5.35. The summed E-state index contributed by atoms with van der Waals surface area (Å²) in [7, 11) is 0. The molecule has 2 atom stereocenters. The second-order valence-electron chi connectivity index (χ2n) is 6.59. The number of amides is 1. The van der Waals surface area contributed by atoms with Crippen molar-refractivity contribution in [1.29, 1.82) is 0 Å². The number of hydrogen-bond donors (Lipinski definition) is 2. The van der Waals surface area contributed by atoms with Crippen molar-refractivity contribution in [3.63, 3.8) is 0 Å². The highest BCUT2D eigenvalue weighted by molar-refractivity contribution is 6.42. The van der Waals surface area contributed by atoms with Gasteiger partial charge in [-0.1, -0.05) is 29.3 Å². The van der Waals surface area contributed by atoms with Crippen LogP contribution in [0, 0.1) is 12.8 Å². The van der Waals surface area contributed by atoms with Crippen LogP contribution in [-0.4, -0.2) is 38.6 Å². The second kappa shape index (κ2) is 7.32. The number of rotatable bonds is 6. The van der Waals surface area contributed by atoms with E-state index >= 15 is 0 Å². The Kier molecular flexibility index (Phi) is 4.88. The summed E-state index contributed by atoms with van der Waals surface area (Å²) < 4.78 is 1.63. The molecule has 9 heteroatoms. The van der Waals surface area contributed by atoms with Crippen molar-refractivity contribution in [1.82, 2.24) is 24.9 Å². The maximum Gasteiger partial charge on any atom is 0.254 e. The number of hydrogen-bond acceptors (Lipinski definition) is 5. The molecule has 1 aliphatic rings. The van der Waals surface area contributed by atoms with Crippen LogP contribution >= 0.6 is 23.2 Å². The SMILES string of the molecule is Cc1cc(NCCNC(=O)C2CC2c2ccc(Cl)c(Cl)c2)n2ncnc2n1. The molecule has 1 aliphatic carbocycles. The largest absolute Gasteiger partial charge is 0.368 e. The minimum absolute atomic E-state index is 0.00701. The number of benzene rings is 1. The van der Waals surface area contributed by atoms with Gasteiger partial charge in [0.25, 0.3) is 5.78 Å². The molecule has 27 heavy (non-hydrogen) atoms. The molecule has 2 N–H and O–H groups in total. The minimum Gasteiger partial charge on any atom is -0.368 e. The molecular formula is C18H18Cl2N6O. The van der Waals surface area contributed by atoms with Gasteiger partial charge in [0.05, 0.1) is 10.0 Å². The standard InChI is InChI=1S/C18H18Cl2N6O/c1-10-6-16(26-18(25-10)23-9-24-26)21-4-5-22-17(27)13-8-12(13)11-2-3-14(19)15(20)7-11/h2-3,6-7,9,12-13,21H,4-5,8H2,1H3,(H,22,27). The molecule has 0 saturated heterocycles.